The van der Waals surface area contributed by atoms with Gasteiger partial charge in [-0.05, 0) is 48.5 Å². The number of hydrogen-bond acceptors (Lipinski definition) is 7. The summed E-state index contributed by atoms with van der Waals surface area (Å²) in [5.74, 6) is 0.449. The van der Waals surface area contributed by atoms with Crippen molar-refractivity contribution in [3.63, 3.8) is 0 Å². The maximum atomic E-state index is 12.2. The lowest BCUT2D eigenvalue weighted by Crippen LogP contribution is -2.12. The summed E-state index contributed by atoms with van der Waals surface area (Å²) in [5.41, 5.74) is 0.943. The number of nitrogens with zero attached hydrogens (tertiary/aromatic N) is 2. The van der Waals surface area contributed by atoms with E-state index >= 15 is 0 Å². The van der Waals surface area contributed by atoms with E-state index in [1.54, 1.807) is 31.4 Å². The predicted molar refractivity (Wildman–Crippen MR) is 93.8 cm³/mol. The van der Waals surface area contributed by atoms with Gasteiger partial charge >= 0.3 is 6.01 Å². The van der Waals surface area contributed by atoms with Crippen LogP contribution in [0.4, 0.5) is 6.01 Å². The summed E-state index contributed by atoms with van der Waals surface area (Å²) in [6, 6.07) is 12.5. The van der Waals surface area contributed by atoms with Gasteiger partial charge in [-0.2, -0.15) is 0 Å². The van der Waals surface area contributed by atoms with Crippen molar-refractivity contribution >= 4 is 21.8 Å². The molecule has 1 amide bonds. The van der Waals surface area contributed by atoms with Crippen LogP contribution < -0.4 is 10.1 Å². The Morgan fingerprint density at radius 3 is 2.27 bits per heavy atom. The highest BCUT2D eigenvalue weighted by Gasteiger charge is 2.14. The third-order valence-corrected chi connectivity index (χ3v) is 4.66. The van der Waals surface area contributed by atoms with Gasteiger partial charge in [0, 0.05) is 17.4 Å². The van der Waals surface area contributed by atoms with Gasteiger partial charge in [0.05, 0.1) is 12.0 Å². The number of aromatic nitrogens is 2. The van der Waals surface area contributed by atoms with E-state index in [1.165, 1.54) is 24.3 Å². The molecule has 0 aliphatic heterocycles. The van der Waals surface area contributed by atoms with Gasteiger partial charge in [-0.3, -0.25) is 10.1 Å². The number of anilines is 1. The number of hydrogen-bond donors (Lipinski definition) is 1. The lowest BCUT2D eigenvalue weighted by atomic mass is 10.2. The fraction of sp³-hybridized carbons (Fsp3) is 0.118. The molecule has 1 heterocycles. The lowest BCUT2D eigenvalue weighted by molar-refractivity contribution is 0.102. The molecule has 0 saturated carbocycles. The molecule has 26 heavy (non-hydrogen) atoms. The zero-order valence-electron chi connectivity index (χ0n) is 14.0. The first-order chi connectivity index (χ1) is 12.4. The molecule has 0 aliphatic rings. The summed E-state index contributed by atoms with van der Waals surface area (Å²) in [6.07, 6.45) is 1.10. The summed E-state index contributed by atoms with van der Waals surface area (Å²) >= 11 is 0. The Hall–Kier alpha value is -3.20. The van der Waals surface area contributed by atoms with E-state index in [2.05, 4.69) is 15.5 Å². The van der Waals surface area contributed by atoms with Crippen molar-refractivity contribution in [3.05, 3.63) is 54.1 Å². The first-order valence-electron chi connectivity index (χ1n) is 7.46. The molecule has 0 radical (unpaired) electrons. The molecule has 9 heteroatoms. The standard InChI is InChI=1S/C17H15N3O5S/c1-24-13-7-3-12(4-8-13)16-19-20-17(25-16)18-15(21)11-5-9-14(10-6-11)26(2,22)23/h3-10H,1-2H3,(H,18,20,21). The zero-order valence-corrected chi connectivity index (χ0v) is 14.8. The zero-order chi connectivity index (χ0) is 18.7. The van der Waals surface area contributed by atoms with Crippen LogP contribution in [0.25, 0.3) is 11.5 Å². The topological polar surface area (TPSA) is 111 Å². The summed E-state index contributed by atoms with van der Waals surface area (Å²) in [5, 5.41) is 10.1. The number of methoxy groups -OCH3 is 1. The van der Waals surface area contributed by atoms with Crippen LogP contribution >= 0.6 is 0 Å². The average Bonchev–Trinajstić information content (AvgIpc) is 3.09. The number of benzene rings is 2. The van der Waals surface area contributed by atoms with Crippen molar-refractivity contribution in [1.82, 2.24) is 10.2 Å². The van der Waals surface area contributed by atoms with Gasteiger partial charge in [0.25, 0.3) is 5.91 Å². The van der Waals surface area contributed by atoms with Crippen LogP contribution in [0.2, 0.25) is 0 Å². The monoisotopic (exact) mass is 373 g/mol. The molecule has 8 nitrogen and oxygen atoms in total. The molecule has 0 bridgehead atoms. The van der Waals surface area contributed by atoms with Crippen LogP contribution in [0.1, 0.15) is 10.4 Å². The highest BCUT2D eigenvalue weighted by Crippen LogP contribution is 2.22. The van der Waals surface area contributed by atoms with E-state index in [4.69, 9.17) is 9.15 Å². The molecule has 2 aromatic carbocycles. The molecule has 0 unspecified atom stereocenters. The second-order valence-corrected chi connectivity index (χ2v) is 7.41. The lowest BCUT2D eigenvalue weighted by Gasteiger charge is -2.02. The second kappa shape index (κ2) is 6.96. The maximum absolute atomic E-state index is 12.2. The molecule has 0 saturated heterocycles. The van der Waals surface area contributed by atoms with Gasteiger partial charge in [-0.1, -0.05) is 5.10 Å². The Kier molecular flexibility index (Phi) is 4.72. The van der Waals surface area contributed by atoms with Crippen LogP contribution in [0.15, 0.2) is 57.8 Å². The fourth-order valence-electron chi connectivity index (χ4n) is 2.15. The summed E-state index contributed by atoms with van der Waals surface area (Å²) in [7, 11) is -1.75. The predicted octanol–water partition coefficient (Wildman–Crippen LogP) is 2.40. The van der Waals surface area contributed by atoms with Gasteiger partial charge in [0.15, 0.2) is 9.84 Å². The Bertz CT molecular complexity index is 1030. The van der Waals surface area contributed by atoms with E-state index in [0.29, 0.717) is 11.3 Å². The molecule has 0 spiro atoms. The average molecular weight is 373 g/mol. The van der Waals surface area contributed by atoms with E-state index in [-0.39, 0.29) is 22.4 Å². The molecular formula is C17H15N3O5S. The summed E-state index contributed by atoms with van der Waals surface area (Å²) in [4.78, 5) is 12.3. The van der Waals surface area contributed by atoms with Crippen LogP contribution in [-0.4, -0.2) is 37.9 Å². The third kappa shape index (κ3) is 3.89. The van der Waals surface area contributed by atoms with Crippen LogP contribution in [0.3, 0.4) is 0 Å². The van der Waals surface area contributed by atoms with Gasteiger partial charge in [0.2, 0.25) is 5.89 Å². The maximum Gasteiger partial charge on any atom is 0.322 e. The van der Waals surface area contributed by atoms with E-state index in [1.807, 2.05) is 0 Å². The van der Waals surface area contributed by atoms with Crippen LogP contribution in [-0.2, 0) is 9.84 Å². The van der Waals surface area contributed by atoms with Crippen molar-refractivity contribution in [3.8, 4) is 17.2 Å². The quantitative estimate of drug-likeness (QED) is 0.731. The highest BCUT2D eigenvalue weighted by atomic mass is 32.2. The molecule has 3 aromatic rings. The number of carbonyl (C=O) groups excluding carboxylic acids is 1. The molecule has 0 aliphatic carbocycles. The molecule has 1 N–H and O–H groups in total. The van der Waals surface area contributed by atoms with Gasteiger partial charge in [-0.15, -0.1) is 5.10 Å². The molecule has 3 rings (SSSR count). The molecule has 1 aromatic heterocycles. The number of ether oxygens (including phenoxy) is 1. The minimum atomic E-state index is -3.32. The van der Waals surface area contributed by atoms with Gasteiger partial charge in [-0.25, -0.2) is 8.42 Å². The summed E-state index contributed by atoms with van der Waals surface area (Å²) < 4.78 is 33.4. The Morgan fingerprint density at radius 1 is 1.04 bits per heavy atom. The normalized spacial score (nSPS) is 11.2. The van der Waals surface area contributed by atoms with E-state index in [0.717, 1.165) is 6.26 Å². The van der Waals surface area contributed by atoms with Crippen LogP contribution in [0.5, 0.6) is 5.75 Å². The van der Waals surface area contributed by atoms with Crippen LogP contribution in [0, 0.1) is 0 Å². The minimum Gasteiger partial charge on any atom is -0.497 e. The largest absolute Gasteiger partial charge is 0.497 e. The van der Waals surface area contributed by atoms with E-state index < -0.39 is 15.7 Å². The van der Waals surface area contributed by atoms with Crippen molar-refractivity contribution in [2.75, 3.05) is 18.7 Å². The smallest absolute Gasteiger partial charge is 0.322 e. The first kappa shape index (κ1) is 17.6. The molecule has 0 fully saturated rings. The highest BCUT2D eigenvalue weighted by molar-refractivity contribution is 7.90. The van der Waals surface area contributed by atoms with Crippen molar-refractivity contribution < 1.29 is 22.4 Å². The second-order valence-electron chi connectivity index (χ2n) is 5.39. The molecule has 134 valence electrons. The van der Waals surface area contributed by atoms with Gasteiger partial charge < -0.3 is 9.15 Å². The Balaban J connectivity index is 1.73. The first-order valence-corrected chi connectivity index (χ1v) is 9.35. The summed E-state index contributed by atoms with van der Waals surface area (Å²) in [6.45, 7) is 0. The number of rotatable bonds is 5. The Morgan fingerprint density at radius 2 is 1.69 bits per heavy atom. The number of amides is 1. The van der Waals surface area contributed by atoms with Crippen molar-refractivity contribution in [2.24, 2.45) is 0 Å². The molecule has 0 atom stereocenters. The third-order valence-electron chi connectivity index (χ3n) is 3.53. The number of sulfone groups is 1. The van der Waals surface area contributed by atoms with Gasteiger partial charge in [0.1, 0.15) is 5.75 Å². The SMILES string of the molecule is COc1ccc(-c2nnc(NC(=O)c3ccc(S(C)(=O)=O)cc3)o2)cc1. The van der Waals surface area contributed by atoms with Crippen molar-refractivity contribution in [2.45, 2.75) is 4.90 Å². The molecular weight excluding hydrogens is 358 g/mol. The van der Waals surface area contributed by atoms with Crippen molar-refractivity contribution in [1.29, 1.82) is 0 Å². The fourth-order valence-corrected chi connectivity index (χ4v) is 2.78. The Labute approximate surface area is 149 Å². The number of carbonyl (C=O) groups is 1. The number of nitrogens with one attached hydrogen (secondary N) is 1. The van der Waals surface area contributed by atoms with E-state index in [9.17, 15) is 13.2 Å². The minimum absolute atomic E-state index is 0.0620.